The summed E-state index contributed by atoms with van der Waals surface area (Å²) in [6.45, 7) is 10.5. The molecule has 2 aromatic carbocycles. The first kappa shape index (κ1) is 22.6. The highest BCUT2D eigenvalue weighted by atomic mass is 16.5. The van der Waals surface area contributed by atoms with Gasteiger partial charge < -0.3 is 19.7 Å². The first-order valence-electron chi connectivity index (χ1n) is 11.6. The fourth-order valence-electron chi connectivity index (χ4n) is 4.62. The molecule has 0 heterocycles. The van der Waals surface area contributed by atoms with E-state index in [2.05, 4.69) is 54.4 Å². The van der Waals surface area contributed by atoms with Gasteiger partial charge in [0.05, 0.1) is 13.7 Å². The molecule has 0 aromatic heterocycles. The summed E-state index contributed by atoms with van der Waals surface area (Å²) in [7, 11) is 1.70. The molecule has 1 aliphatic carbocycles. The van der Waals surface area contributed by atoms with E-state index in [9.17, 15) is 0 Å². The smallest absolute Gasteiger partial charge is 0.123 e. The van der Waals surface area contributed by atoms with Gasteiger partial charge in [-0.2, -0.15) is 0 Å². The Morgan fingerprint density at radius 1 is 0.900 bits per heavy atom. The molecule has 4 nitrogen and oxygen atoms in total. The van der Waals surface area contributed by atoms with Gasteiger partial charge in [0.1, 0.15) is 11.5 Å². The average Bonchev–Trinajstić information content (AvgIpc) is 2.80. The molecule has 0 spiro atoms. The number of nitrogens with one attached hydrogen (secondary N) is 1. The lowest BCUT2D eigenvalue weighted by atomic mass is 9.90. The van der Waals surface area contributed by atoms with E-state index in [0.29, 0.717) is 12.6 Å². The van der Waals surface area contributed by atoms with Crippen LogP contribution in [0.1, 0.15) is 52.0 Å². The molecule has 3 rings (SSSR count). The van der Waals surface area contributed by atoms with Crippen molar-refractivity contribution in [1.29, 1.82) is 0 Å². The Morgan fingerprint density at radius 3 is 2.17 bits per heavy atom. The van der Waals surface area contributed by atoms with Gasteiger partial charge in [0.25, 0.3) is 0 Å². The zero-order valence-corrected chi connectivity index (χ0v) is 19.1. The van der Waals surface area contributed by atoms with Crippen LogP contribution in [0, 0.1) is 0 Å². The Morgan fingerprint density at radius 2 is 1.57 bits per heavy atom. The maximum Gasteiger partial charge on any atom is 0.123 e. The summed E-state index contributed by atoms with van der Waals surface area (Å²) in [4.78, 5) is 2.61. The Bertz CT molecular complexity index is 763. The first-order chi connectivity index (χ1) is 14.7. The van der Waals surface area contributed by atoms with Crippen LogP contribution in [0.3, 0.4) is 0 Å². The van der Waals surface area contributed by atoms with E-state index >= 15 is 0 Å². The first-order valence-corrected chi connectivity index (χ1v) is 11.6. The SMILES string of the molecule is CCOc1ccc(-c2ccc(OC)cc2)cc1CNC1CCC(N(CC)CC)CC1. The molecule has 0 amide bonds. The lowest BCUT2D eigenvalue weighted by Crippen LogP contribution is -2.42. The van der Waals surface area contributed by atoms with Crippen molar-refractivity contribution in [2.75, 3.05) is 26.8 Å². The molecule has 1 fully saturated rings. The van der Waals surface area contributed by atoms with E-state index in [1.807, 2.05) is 19.1 Å². The highest BCUT2D eigenvalue weighted by Crippen LogP contribution is 2.29. The van der Waals surface area contributed by atoms with Gasteiger partial charge in [-0.3, -0.25) is 0 Å². The molecular weight excluding hydrogens is 372 g/mol. The van der Waals surface area contributed by atoms with Crippen LogP contribution < -0.4 is 14.8 Å². The maximum atomic E-state index is 5.92. The van der Waals surface area contributed by atoms with E-state index in [1.165, 1.54) is 42.4 Å². The third-order valence-corrected chi connectivity index (χ3v) is 6.39. The van der Waals surface area contributed by atoms with Gasteiger partial charge in [-0.15, -0.1) is 0 Å². The van der Waals surface area contributed by atoms with Crippen molar-refractivity contribution in [2.45, 2.75) is 65.1 Å². The highest BCUT2D eigenvalue weighted by molar-refractivity contribution is 5.66. The van der Waals surface area contributed by atoms with Crippen LogP contribution >= 0.6 is 0 Å². The molecule has 4 heteroatoms. The second kappa shape index (κ2) is 11.4. The van der Waals surface area contributed by atoms with Crippen LogP contribution in [0.2, 0.25) is 0 Å². The van der Waals surface area contributed by atoms with Crippen LogP contribution in [0.25, 0.3) is 11.1 Å². The summed E-state index contributed by atoms with van der Waals surface area (Å²) >= 11 is 0. The van der Waals surface area contributed by atoms with Gasteiger partial charge in [-0.05, 0) is 81.1 Å². The molecule has 0 saturated heterocycles. The molecule has 0 bridgehead atoms. The van der Waals surface area contributed by atoms with Crippen LogP contribution in [-0.4, -0.2) is 43.8 Å². The molecule has 1 saturated carbocycles. The number of hydrogen-bond donors (Lipinski definition) is 1. The molecule has 0 aliphatic heterocycles. The molecule has 30 heavy (non-hydrogen) atoms. The molecule has 164 valence electrons. The van der Waals surface area contributed by atoms with E-state index in [4.69, 9.17) is 9.47 Å². The Hall–Kier alpha value is -2.04. The molecular formula is C26H38N2O2. The second-order valence-corrected chi connectivity index (χ2v) is 8.09. The number of ether oxygens (including phenoxy) is 2. The van der Waals surface area contributed by atoms with Crippen LogP contribution in [0.15, 0.2) is 42.5 Å². The molecule has 0 atom stereocenters. The largest absolute Gasteiger partial charge is 0.497 e. The van der Waals surface area contributed by atoms with E-state index in [-0.39, 0.29) is 0 Å². The Kier molecular flexibility index (Phi) is 8.59. The van der Waals surface area contributed by atoms with E-state index < -0.39 is 0 Å². The van der Waals surface area contributed by atoms with Gasteiger partial charge in [0.15, 0.2) is 0 Å². The monoisotopic (exact) mass is 410 g/mol. The zero-order valence-electron chi connectivity index (χ0n) is 19.1. The number of methoxy groups -OCH3 is 1. The minimum Gasteiger partial charge on any atom is -0.497 e. The lowest BCUT2D eigenvalue weighted by Gasteiger charge is -2.36. The van der Waals surface area contributed by atoms with Crippen molar-refractivity contribution in [3.8, 4) is 22.6 Å². The highest BCUT2D eigenvalue weighted by Gasteiger charge is 2.24. The molecule has 2 aromatic rings. The van der Waals surface area contributed by atoms with Gasteiger partial charge in [-0.25, -0.2) is 0 Å². The summed E-state index contributed by atoms with van der Waals surface area (Å²) < 4.78 is 11.2. The topological polar surface area (TPSA) is 33.7 Å². The molecule has 0 radical (unpaired) electrons. The third kappa shape index (κ3) is 5.77. The average molecular weight is 411 g/mol. The normalized spacial score (nSPS) is 19.1. The summed E-state index contributed by atoms with van der Waals surface area (Å²) in [6, 6.07) is 16.1. The lowest BCUT2D eigenvalue weighted by molar-refractivity contribution is 0.156. The summed E-state index contributed by atoms with van der Waals surface area (Å²) in [6.07, 6.45) is 5.10. The number of hydrogen-bond acceptors (Lipinski definition) is 4. The molecule has 0 unspecified atom stereocenters. The van der Waals surface area contributed by atoms with Gasteiger partial charge >= 0.3 is 0 Å². The molecule has 1 aliphatic rings. The van der Waals surface area contributed by atoms with Crippen molar-refractivity contribution < 1.29 is 9.47 Å². The Labute approximate surface area is 182 Å². The van der Waals surface area contributed by atoms with E-state index in [1.54, 1.807) is 7.11 Å². The van der Waals surface area contributed by atoms with Crippen molar-refractivity contribution in [3.63, 3.8) is 0 Å². The summed E-state index contributed by atoms with van der Waals surface area (Å²) in [5.41, 5.74) is 3.64. The number of rotatable bonds is 10. The maximum absolute atomic E-state index is 5.92. The standard InChI is InChI=1S/C26H38N2O2/c1-5-28(6-2)24-13-11-23(12-14-24)27-19-22-18-21(10-17-26(22)30-7-3)20-8-15-25(29-4)16-9-20/h8-10,15-18,23-24,27H,5-7,11-14,19H2,1-4H3. The minimum absolute atomic E-state index is 0.593. The minimum atomic E-state index is 0.593. The zero-order chi connectivity index (χ0) is 21.3. The Balaban J connectivity index is 1.65. The van der Waals surface area contributed by atoms with E-state index in [0.717, 1.165) is 37.2 Å². The van der Waals surface area contributed by atoms with Crippen LogP contribution in [0.4, 0.5) is 0 Å². The predicted octanol–water partition coefficient (Wildman–Crippen LogP) is 5.50. The van der Waals surface area contributed by atoms with Crippen LogP contribution in [-0.2, 0) is 6.54 Å². The fraction of sp³-hybridized carbons (Fsp3) is 0.538. The van der Waals surface area contributed by atoms with Crippen molar-refractivity contribution in [3.05, 3.63) is 48.0 Å². The fourth-order valence-corrected chi connectivity index (χ4v) is 4.62. The predicted molar refractivity (Wildman–Crippen MR) is 125 cm³/mol. The van der Waals surface area contributed by atoms with Crippen molar-refractivity contribution in [2.24, 2.45) is 0 Å². The quantitative estimate of drug-likeness (QED) is 0.560. The third-order valence-electron chi connectivity index (χ3n) is 6.39. The van der Waals surface area contributed by atoms with Crippen LogP contribution in [0.5, 0.6) is 11.5 Å². The van der Waals surface area contributed by atoms with Gasteiger partial charge in [0, 0.05) is 24.2 Å². The summed E-state index contributed by atoms with van der Waals surface area (Å²) in [5, 5.41) is 3.81. The van der Waals surface area contributed by atoms with Gasteiger partial charge in [-0.1, -0.05) is 32.0 Å². The van der Waals surface area contributed by atoms with Gasteiger partial charge in [0.2, 0.25) is 0 Å². The van der Waals surface area contributed by atoms with Crippen molar-refractivity contribution >= 4 is 0 Å². The number of nitrogens with zero attached hydrogens (tertiary/aromatic N) is 1. The summed E-state index contributed by atoms with van der Waals surface area (Å²) in [5.74, 6) is 1.87. The number of benzene rings is 2. The van der Waals surface area contributed by atoms with Crippen molar-refractivity contribution in [1.82, 2.24) is 10.2 Å². The second-order valence-electron chi connectivity index (χ2n) is 8.09. The molecule has 1 N–H and O–H groups in total.